The molecule has 7 heteroatoms. The summed E-state index contributed by atoms with van der Waals surface area (Å²) in [5, 5.41) is 15.7. The molecule has 3 aromatic rings. The average molecular weight is 311 g/mol. The zero-order valence-electron chi connectivity index (χ0n) is 11.4. The van der Waals surface area contributed by atoms with Crippen LogP contribution in [0.25, 0.3) is 5.70 Å². The van der Waals surface area contributed by atoms with Crippen molar-refractivity contribution < 1.29 is 0 Å². The fourth-order valence-electron chi connectivity index (χ4n) is 2.47. The van der Waals surface area contributed by atoms with E-state index in [1.54, 1.807) is 17.1 Å². The van der Waals surface area contributed by atoms with Gasteiger partial charge in [0.15, 0.2) is 0 Å². The number of rotatable bonds is 2. The van der Waals surface area contributed by atoms with Gasteiger partial charge in [-0.2, -0.15) is 4.68 Å². The molecule has 3 heterocycles. The summed E-state index contributed by atoms with van der Waals surface area (Å²) in [5.74, 6) is 0.589. The van der Waals surface area contributed by atoms with Crippen molar-refractivity contribution in [3.8, 4) is 0 Å². The molecule has 0 saturated carbocycles. The van der Waals surface area contributed by atoms with E-state index in [-0.39, 0.29) is 6.04 Å². The van der Waals surface area contributed by atoms with Crippen LogP contribution < -0.4 is 5.32 Å². The molecule has 1 N–H and O–H groups in total. The second-order valence-corrected chi connectivity index (χ2v) is 5.33. The van der Waals surface area contributed by atoms with Crippen LogP contribution in [0.2, 0.25) is 5.02 Å². The molecule has 0 spiro atoms. The number of allylic oxidation sites excluding steroid dienone is 1. The van der Waals surface area contributed by atoms with E-state index in [0.717, 1.165) is 16.8 Å². The minimum atomic E-state index is -0.125. The lowest BCUT2D eigenvalue weighted by Gasteiger charge is -2.23. The first-order chi connectivity index (χ1) is 10.8. The van der Waals surface area contributed by atoms with Crippen molar-refractivity contribution in [3.05, 3.63) is 71.0 Å². The maximum absolute atomic E-state index is 6.11. The summed E-state index contributed by atoms with van der Waals surface area (Å²) in [4.78, 5) is 4.15. The number of pyridine rings is 1. The van der Waals surface area contributed by atoms with Gasteiger partial charge in [-0.15, -0.1) is 0 Å². The molecule has 1 aliphatic rings. The largest absolute Gasteiger partial charge is 0.323 e. The lowest BCUT2D eigenvalue weighted by atomic mass is 10.0. The van der Waals surface area contributed by atoms with Crippen LogP contribution in [0.1, 0.15) is 17.2 Å². The molecular formula is C15H11ClN6. The Morgan fingerprint density at radius 1 is 1.18 bits per heavy atom. The van der Waals surface area contributed by atoms with Gasteiger partial charge >= 0.3 is 0 Å². The molecule has 0 saturated heterocycles. The van der Waals surface area contributed by atoms with Crippen LogP contribution in [0, 0.1) is 0 Å². The highest BCUT2D eigenvalue weighted by atomic mass is 35.5. The third-order valence-corrected chi connectivity index (χ3v) is 3.73. The summed E-state index contributed by atoms with van der Waals surface area (Å²) in [6, 6.07) is 11.4. The first kappa shape index (κ1) is 13.0. The predicted octanol–water partition coefficient (Wildman–Crippen LogP) is 2.78. The van der Waals surface area contributed by atoms with Crippen molar-refractivity contribution >= 4 is 23.2 Å². The molecule has 1 aliphatic heterocycles. The van der Waals surface area contributed by atoms with Gasteiger partial charge < -0.3 is 5.32 Å². The van der Waals surface area contributed by atoms with Crippen molar-refractivity contribution in [1.29, 1.82) is 0 Å². The van der Waals surface area contributed by atoms with Crippen LogP contribution in [-0.4, -0.2) is 25.2 Å². The van der Waals surface area contributed by atoms with Crippen LogP contribution in [0.3, 0.4) is 0 Å². The zero-order chi connectivity index (χ0) is 14.9. The number of aromatic nitrogens is 5. The normalized spacial score (nSPS) is 16.6. The second kappa shape index (κ2) is 5.23. The molecule has 1 aromatic carbocycles. The number of hydrogen-bond acceptors (Lipinski definition) is 5. The van der Waals surface area contributed by atoms with Crippen LogP contribution in [0.5, 0.6) is 0 Å². The Morgan fingerprint density at radius 2 is 2.14 bits per heavy atom. The van der Waals surface area contributed by atoms with E-state index in [4.69, 9.17) is 11.6 Å². The summed E-state index contributed by atoms with van der Waals surface area (Å²) >= 11 is 6.11. The highest BCUT2D eigenvalue weighted by Crippen LogP contribution is 2.32. The number of nitrogens with one attached hydrogen (secondary N) is 1. The number of hydrogen-bond donors (Lipinski definition) is 1. The van der Waals surface area contributed by atoms with Gasteiger partial charge in [-0.05, 0) is 46.3 Å². The minimum absolute atomic E-state index is 0.125. The molecule has 6 nitrogen and oxygen atoms in total. The number of fused-ring (bicyclic) bond motifs is 1. The van der Waals surface area contributed by atoms with Gasteiger partial charge in [-0.25, -0.2) is 0 Å². The van der Waals surface area contributed by atoms with Crippen molar-refractivity contribution in [2.24, 2.45) is 0 Å². The van der Waals surface area contributed by atoms with Gasteiger partial charge in [-0.1, -0.05) is 28.8 Å². The van der Waals surface area contributed by atoms with E-state index in [0.29, 0.717) is 11.0 Å². The average Bonchev–Trinajstić information content (AvgIpc) is 3.03. The third-order valence-electron chi connectivity index (χ3n) is 3.49. The fraction of sp³-hybridized carbons (Fsp3) is 0.0667. The van der Waals surface area contributed by atoms with Crippen LogP contribution >= 0.6 is 11.6 Å². The smallest absolute Gasteiger partial charge is 0.248 e. The SMILES string of the molecule is Clc1cccc([C@H]2C=C(c3cccnc3)Nc3nnnn32)c1. The first-order valence-corrected chi connectivity index (χ1v) is 7.11. The maximum atomic E-state index is 6.11. The summed E-state index contributed by atoms with van der Waals surface area (Å²) < 4.78 is 1.73. The standard InChI is InChI=1S/C15H11ClN6/c16-12-5-1-3-10(7-12)14-8-13(11-4-2-6-17-9-11)18-15-19-20-21-22(14)15/h1-9,14H,(H,18,19,21)/t14-/m1/s1. The molecule has 4 rings (SSSR count). The molecular weight excluding hydrogens is 300 g/mol. The van der Waals surface area contributed by atoms with Crippen molar-refractivity contribution in [1.82, 2.24) is 25.2 Å². The van der Waals surface area contributed by atoms with Crippen molar-refractivity contribution in [3.63, 3.8) is 0 Å². The predicted molar refractivity (Wildman–Crippen MR) is 83.2 cm³/mol. The van der Waals surface area contributed by atoms with Crippen molar-refractivity contribution in [2.75, 3.05) is 5.32 Å². The molecule has 0 bridgehead atoms. The minimum Gasteiger partial charge on any atom is -0.323 e. The summed E-state index contributed by atoms with van der Waals surface area (Å²) in [5.41, 5.74) is 2.91. The molecule has 1 atom stereocenters. The van der Waals surface area contributed by atoms with Crippen LogP contribution in [0.4, 0.5) is 5.95 Å². The van der Waals surface area contributed by atoms with E-state index in [9.17, 15) is 0 Å². The molecule has 0 aliphatic carbocycles. The molecule has 2 aromatic heterocycles. The Kier molecular flexibility index (Phi) is 3.08. The molecule has 0 fully saturated rings. The lowest BCUT2D eigenvalue weighted by molar-refractivity contribution is 0.586. The Morgan fingerprint density at radius 3 is 2.95 bits per heavy atom. The summed E-state index contributed by atoms with van der Waals surface area (Å²) in [7, 11) is 0. The molecule has 108 valence electrons. The lowest BCUT2D eigenvalue weighted by Crippen LogP contribution is -2.20. The number of benzene rings is 1. The summed E-state index contributed by atoms with van der Waals surface area (Å²) in [6.07, 6.45) is 5.60. The molecule has 0 radical (unpaired) electrons. The quantitative estimate of drug-likeness (QED) is 0.788. The Hall–Kier alpha value is -2.73. The fourth-order valence-corrected chi connectivity index (χ4v) is 2.67. The molecule has 22 heavy (non-hydrogen) atoms. The highest BCUT2D eigenvalue weighted by molar-refractivity contribution is 6.30. The van der Waals surface area contributed by atoms with Crippen molar-refractivity contribution in [2.45, 2.75) is 6.04 Å². The number of halogens is 1. The first-order valence-electron chi connectivity index (χ1n) is 6.74. The maximum Gasteiger partial charge on any atom is 0.248 e. The third kappa shape index (κ3) is 2.23. The van der Waals surface area contributed by atoms with E-state index in [2.05, 4.69) is 31.9 Å². The van der Waals surface area contributed by atoms with Gasteiger partial charge in [0.2, 0.25) is 5.95 Å². The zero-order valence-corrected chi connectivity index (χ0v) is 12.1. The number of tetrazole rings is 1. The Balaban J connectivity index is 1.83. The second-order valence-electron chi connectivity index (χ2n) is 4.89. The van der Waals surface area contributed by atoms with Gasteiger partial charge in [0.05, 0.1) is 0 Å². The van der Waals surface area contributed by atoms with Gasteiger partial charge in [0.25, 0.3) is 0 Å². The van der Waals surface area contributed by atoms with Gasteiger partial charge in [0.1, 0.15) is 6.04 Å². The van der Waals surface area contributed by atoms with Gasteiger partial charge in [0, 0.05) is 28.7 Å². The summed E-state index contributed by atoms with van der Waals surface area (Å²) in [6.45, 7) is 0. The monoisotopic (exact) mass is 310 g/mol. The molecule has 0 unspecified atom stereocenters. The van der Waals surface area contributed by atoms with E-state index in [1.165, 1.54) is 0 Å². The number of nitrogens with zero attached hydrogens (tertiary/aromatic N) is 5. The van der Waals surface area contributed by atoms with Gasteiger partial charge in [-0.3, -0.25) is 4.98 Å². The Bertz CT molecular complexity index is 842. The Labute approximate surface area is 131 Å². The highest BCUT2D eigenvalue weighted by Gasteiger charge is 2.24. The topological polar surface area (TPSA) is 68.5 Å². The van der Waals surface area contributed by atoms with E-state index >= 15 is 0 Å². The van der Waals surface area contributed by atoms with Crippen LogP contribution in [-0.2, 0) is 0 Å². The van der Waals surface area contributed by atoms with E-state index < -0.39 is 0 Å². The number of anilines is 1. The van der Waals surface area contributed by atoms with Crippen LogP contribution in [0.15, 0.2) is 54.9 Å². The molecule has 0 amide bonds. The van der Waals surface area contributed by atoms with E-state index in [1.807, 2.05) is 36.4 Å².